The van der Waals surface area contributed by atoms with Gasteiger partial charge in [-0.3, -0.25) is 4.79 Å². The molecule has 0 unspecified atom stereocenters. The van der Waals surface area contributed by atoms with Gasteiger partial charge >= 0.3 is 5.97 Å². The van der Waals surface area contributed by atoms with Crippen molar-refractivity contribution in [3.63, 3.8) is 0 Å². The molecule has 154 valence electrons. The van der Waals surface area contributed by atoms with Crippen LogP contribution in [0.4, 0.5) is 0 Å². The van der Waals surface area contributed by atoms with Crippen molar-refractivity contribution in [2.45, 2.75) is 56.0 Å². The fourth-order valence-corrected chi connectivity index (χ4v) is 5.15. The summed E-state index contributed by atoms with van der Waals surface area (Å²) in [6, 6.07) is 4.18. The highest BCUT2D eigenvalue weighted by Crippen LogP contribution is 2.31. The average Bonchev–Trinajstić information content (AvgIpc) is 3.49. The number of carbonyl (C=O) groups is 2. The zero-order valence-electron chi connectivity index (χ0n) is 16.1. The minimum Gasteiger partial charge on any atom is -0.495 e. The number of methoxy groups -OCH3 is 1. The number of ether oxygens (including phenoxy) is 2. The van der Waals surface area contributed by atoms with E-state index < -0.39 is 22.6 Å². The van der Waals surface area contributed by atoms with Crippen molar-refractivity contribution < 1.29 is 27.5 Å². The van der Waals surface area contributed by atoms with Crippen molar-refractivity contribution in [3.05, 3.63) is 23.8 Å². The predicted octanol–water partition coefficient (Wildman–Crippen LogP) is 1.69. The van der Waals surface area contributed by atoms with Gasteiger partial charge in [0.25, 0.3) is 5.91 Å². The van der Waals surface area contributed by atoms with Gasteiger partial charge in [-0.05, 0) is 50.8 Å². The Kier molecular flexibility index (Phi) is 6.24. The minimum atomic E-state index is -3.83. The number of carbonyl (C=O) groups excluding carboxylic acids is 2. The highest BCUT2D eigenvalue weighted by molar-refractivity contribution is 7.89. The largest absolute Gasteiger partial charge is 0.495 e. The van der Waals surface area contributed by atoms with Crippen molar-refractivity contribution in [2.75, 3.05) is 20.3 Å². The van der Waals surface area contributed by atoms with E-state index in [-0.39, 0.29) is 34.2 Å². The van der Waals surface area contributed by atoms with Crippen LogP contribution in [0.2, 0.25) is 0 Å². The molecule has 2 aliphatic rings. The van der Waals surface area contributed by atoms with Crippen LogP contribution in [0.25, 0.3) is 0 Å². The summed E-state index contributed by atoms with van der Waals surface area (Å²) in [5.74, 6) is -0.947. The number of hydrogen-bond acceptors (Lipinski definition) is 6. The SMILES string of the molecule is COc1ccc(C(=O)OCC(=O)NC2CC2)cc1S(=O)(=O)N1CCCC[C@H]1C. The zero-order chi connectivity index (χ0) is 20.3. The summed E-state index contributed by atoms with van der Waals surface area (Å²) < 4.78 is 38.0. The minimum absolute atomic E-state index is 0.0586. The first-order chi connectivity index (χ1) is 13.3. The molecule has 0 radical (unpaired) electrons. The number of amides is 1. The van der Waals surface area contributed by atoms with E-state index in [9.17, 15) is 18.0 Å². The lowest BCUT2D eigenvalue weighted by Gasteiger charge is -2.32. The first-order valence-electron chi connectivity index (χ1n) is 9.49. The number of benzene rings is 1. The second kappa shape index (κ2) is 8.48. The van der Waals surface area contributed by atoms with E-state index in [2.05, 4.69) is 5.32 Å². The molecule has 0 bridgehead atoms. The standard InChI is InChI=1S/C19H26N2O6S/c1-13-5-3-4-10-21(13)28(24,25)17-11-14(6-9-16(17)26-2)19(23)27-12-18(22)20-15-7-8-15/h6,9,11,13,15H,3-5,7-8,10,12H2,1-2H3,(H,20,22)/t13-/m1/s1. The van der Waals surface area contributed by atoms with Crippen LogP contribution in [-0.2, 0) is 19.6 Å². The molecule has 1 atom stereocenters. The van der Waals surface area contributed by atoms with E-state index in [4.69, 9.17) is 9.47 Å². The third-order valence-corrected chi connectivity index (χ3v) is 7.04. The van der Waals surface area contributed by atoms with Gasteiger partial charge in [-0.1, -0.05) is 6.42 Å². The number of nitrogens with one attached hydrogen (secondary N) is 1. The summed E-state index contributed by atoms with van der Waals surface area (Å²) in [6.07, 6.45) is 4.45. The normalized spacial score (nSPS) is 20.4. The van der Waals surface area contributed by atoms with Crippen LogP contribution in [0.3, 0.4) is 0 Å². The highest BCUT2D eigenvalue weighted by atomic mass is 32.2. The number of hydrogen-bond donors (Lipinski definition) is 1. The summed E-state index contributed by atoms with van der Waals surface area (Å²) in [5.41, 5.74) is 0.0586. The Balaban J connectivity index is 1.78. The van der Waals surface area contributed by atoms with E-state index in [0.29, 0.717) is 6.54 Å². The van der Waals surface area contributed by atoms with Crippen LogP contribution in [0.1, 0.15) is 49.4 Å². The predicted molar refractivity (Wildman–Crippen MR) is 102 cm³/mol. The lowest BCUT2D eigenvalue weighted by Crippen LogP contribution is -2.42. The molecule has 2 fully saturated rings. The quantitative estimate of drug-likeness (QED) is 0.687. The van der Waals surface area contributed by atoms with Crippen LogP contribution in [0.15, 0.2) is 23.1 Å². The first kappa shape index (κ1) is 20.6. The van der Waals surface area contributed by atoms with E-state index in [1.165, 1.54) is 29.6 Å². The van der Waals surface area contributed by atoms with Crippen LogP contribution in [0, 0.1) is 0 Å². The molecule has 1 aliphatic heterocycles. The Hall–Kier alpha value is -2.13. The molecule has 9 heteroatoms. The maximum atomic E-state index is 13.2. The molecule has 1 saturated carbocycles. The molecule has 1 saturated heterocycles. The molecular formula is C19H26N2O6S. The van der Waals surface area contributed by atoms with Gasteiger partial charge < -0.3 is 14.8 Å². The molecule has 8 nitrogen and oxygen atoms in total. The molecule has 28 heavy (non-hydrogen) atoms. The van der Waals surface area contributed by atoms with E-state index in [1.807, 2.05) is 6.92 Å². The van der Waals surface area contributed by atoms with Crippen LogP contribution < -0.4 is 10.1 Å². The second-order valence-corrected chi connectivity index (χ2v) is 9.10. The van der Waals surface area contributed by atoms with Crippen LogP contribution in [-0.4, -0.2) is 56.9 Å². The smallest absolute Gasteiger partial charge is 0.338 e. The van der Waals surface area contributed by atoms with Gasteiger partial charge in [-0.25, -0.2) is 13.2 Å². The molecule has 1 aromatic rings. The van der Waals surface area contributed by atoms with Crippen molar-refractivity contribution in [3.8, 4) is 5.75 Å². The molecule has 0 spiro atoms. The molecule has 1 aromatic carbocycles. The molecule has 1 amide bonds. The number of rotatable bonds is 7. The number of nitrogens with zero attached hydrogens (tertiary/aromatic N) is 1. The zero-order valence-corrected chi connectivity index (χ0v) is 17.0. The summed E-state index contributed by atoms with van der Waals surface area (Å²) in [7, 11) is -2.44. The van der Waals surface area contributed by atoms with Gasteiger partial charge in [0.05, 0.1) is 12.7 Å². The fraction of sp³-hybridized carbons (Fsp3) is 0.579. The van der Waals surface area contributed by atoms with E-state index >= 15 is 0 Å². The van der Waals surface area contributed by atoms with E-state index in [0.717, 1.165) is 32.1 Å². The van der Waals surface area contributed by atoms with Crippen molar-refractivity contribution >= 4 is 21.9 Å². The molecule has 0 aromatic heterocycles. The Labute approximate surface area is 165 Å². The molecule has 1 N–H and O–H groups in total. The monoisotopic (exact) mass is 410 g/mol. The summed E-state index contributed by atoms with van der Waals surface area (Å²) in [4.78, 5) is 23.9. The van der Waals surface area contributed by atoms with Crippen molar-refractivity contribution in [2.24, 2.45) is 0 Å². The Morgan fingerprint density at radius 3 is 2.61 bits per heavy atom. The molecule has 1 heterocycles. The Morgan fingerprint density at radius 2 is 1.96 bits per heavy atom. The molecular weight excluding hydrogens is 384 g/mol. The maximum Gasteiger partial charge on any atom is 0.338 e. The molecule has 3 rings (SSSR count). The summed E-state index contributed by atoms with van der Waals surface area (Å²) >= 11 is 0. The van der Waals surface area contributed by atoms with Gasteiger partial charge in [0.1, 0.15) is 10.6 Å². The summed E-state index contributed by atoms with van der Waals surface area (Å²) in [6.45, 7) is 1.91. The third-order valence-electron chi connectivity index (χ3n) is 5.00. The van der Waals surface area contributed by atoms with Crippen LogP contribution >= 0.6 is 0 Å². The number of piperidine rings is 1. The number of esters is 1. The maximum absolute atomic E-state index is 13.2. The Bertz CT molecular complexity index is 850. The summed E-state index contributed by atoms with van der Waals surface area (Å²) in [5, 5.41) is 2.72. The van der Waals surface area contributed by atoms with Crippen molar-refractivity contribution in [1.82, 2.24) is 9.62 Å². The topological polar surface area (TPSA) is 102 Å². The molecule has 1 aliphatic carbocycles. The van der Waals surface area contributed by atoms with Gasteiger partial charge in [0.2, 0.25) is 10.0 Å². The third kappa shape index (κ3) is 4.64. The van der Waals surface area contributed by atoms with Gasteiger partial charge in [-0.2, -0.15) is 4.31 Å². The first-order valence-corrected chi connectivity index (χ1v) is 10.9. The Morgan fingerprint density at radius 1 is 1.21 bits per heavy atom. The fourth-order valence-electron chi connectivity index (χ4n) is 3.27. The van der Waals surface area contributed by atoms with Gasteiger partial charge in [0, 0.05) is 18.6 Å². The average molecular weight is 410 g/mol. The van der Waals surface area contributed by atoms with E-state index in [1.54, 1.807) is 0 Å². The highest BCUT2D eigenvalue weighted by Gasteiger charge is 2.33. The lowest BCUT2D eigenvalue weighted by molar-refractivity contribution is -0.124. The second-order valence-electron chi connectivity index (χ2n) is 7.24. The number of sulfonamides is 1. The van der Waals surface area contributed by atoms with Crippen LogP contribution in [0.5, 0.6) is 5.75 Å². The van der Waals surface area contributed by atoms with Gasteiger partial charge in [0.15, 0.2) is 6.61 Å². The lowest BCUT2D eigenvalue weighted by atomic mass is 10.1. The van der Waals surface area contributed by atoms with Crippen molar-refractivity contribution in [1.29, 1.82) is 0 Å². The van der Waals surface area contributed by atoms with Gasteiger partial charge in [-0.15, -0.1) is 0 Å².